The van der Waals surface area contributed by atoms with Gasteiger partial charge in [0.15, 0.2) is 0 Å². The molecule has 1 aromatic carbocycles. The van der Waals surface area contributed by atoms with Crippen LogP contribution in [-0.4, -0.2) is 19.1 Å². The van der Waals surface area contributed by atoms with Gasteiger partial charge in [0.05, 0.1) is 18.7 Å². The second kappa shape index (κ2) is 6.19. The average molecular weight is 282 g/mol. The molecule has 0 amide bonds. The summed E-state index contributed by atoms with van der Waals surface area (Å²) >= 11 is 3.36. The molecule has 0 aromatic heterocycles. The van der Waals surface area contributed by atoms with E-state index in [1.807, 2.05) is 0 Å². The lowest BCUT2D eigenvalue weighted by molar-refractivity contribution is 0.0526. The number of esters is 1. The topological polar surface area (TPSA) is 38.3 Å². The van der Waals surface area contributed by atoms with Crippen LogP contribution in [0, 0.1) is 12.3 Å². The zero-order valence-corrected chi connectivity index (χ0v) is 10.5. The molecule has 0 bridgehead atoms. The Morgan fingerprint density at radius 2 is 2.38 bits per heavy atom. The van der Waals surface area contributed by atoms with Gasteiger partial charge in [0, 0.05) is 10.2 Å². The van der Waals surface area contributed by atoms with Crippen molar-refractivity contribution >= 4 is 27.6 Å². The smallest absolute Gasteiger partial charge is 0.338 e. The lowest BCUT2D eigenvalue weighted by atomic mass is 10.2. The summed E-state index contributed by atoms with van der Waals surface area (Å²) in [6.07, 6.45) is 5.14. The van der Waals surface area contributed by atoms with Gasteiger partial charge in [-0.2, -0.15) is 0 Å². The van der Waals surface area contributed by atoms with E-state index in [4.69, 9.17) is 11.2 Å². The molecule has 0 radical (unpaired) electrons. The average Bonchev–Trinajstić information content (AvgIpc) is 2.27. The number of nitrogens with one attached hydrogen (secondary N) is 1. The van der Waals surface area contributed by atoms with E-state index in [2.05, 4.69) is 27.2 Å². The molecule has 1 aromatic rings. The SMILES string of the molecule is C#CCNc1ccc(C(=O)OCC)cc1Br. The highest BCUT2D eigenvalue weighted by Gasteiger charge is 2.08. The number of carbonyl (C=O) groups is 1. The predicted octanol–water partition coefficient (Wildman–Crippen LogP) is 2.67. The quantitative estimate of drug-likeness (QED) is 0.681. The third-order valence-electron chi connectivity index (χ3n) is 1.86. The van der Waals surface area contributed by atoms with Gasteiger partial charge < -0.3 is 10.1 Å². The van der Waals surface area contributed by atoms with E-state index in [0.29, 0.717) is 18.7 Å². The fourth-order valence-corrected chi connectivity index (χ4v) is 1.67. The molecule has 0 saturated heterocycles. The molecule has 84 valence electrons. The summed E-state index contributed by atoms with van der Waals surface area (Å²) in [7, 11) is 0. The van der Waals surface area contributed by atoms with Crippen LogP contribution in [0.25, 0.3) is 0 Å². The van der Waals surface area contributed by atoms with E-state index in [1.165, 1.54) is 0 Å². The summed E-state index contributed by atoms with van der Waals surface area (Å²) in [4.78, 5) is 11.4. The summed E-state index contributed by atoms with van der Waals surface area (Å²) in [6.45, 7) is 2.58. The monoisotopic (exact) mass is 281 g/mol. The Hall–Kier alpha value is -1.47. The first-order valence-corrected chi connectivity index (χ1v) is 5.62. The highest BCUT2D eigenvalue weighted by atomic mass is 79.9. The lowest BCUT2D eigenvalue weighted by Crippen LogP contribution is -2.05. The summed E-state index contributed by atoms with van der Waals surface area (Å²) in [6, 6.07) is 5.19. The molecule has 0 heterocycles. The maximum atomic E-state index is 11.4. The van der Waals surface area contributed by atoms with Gasteiger partial charge in [-0.3, -0.25) is 0 Å². The van der Waals surface area contributed by atoms with Gasteiger partial charge in [0.1, 0.15) is 0 Å². The standard InChI is InChI=1S/C12H12BrNO2/c1-3-7-14-11-6-5-9(8-10(11)13)12(15)16-4-2/h1,5-6,8,14H,4,7H2,2H3. The van der Waals surface area contributed by atoms with Crippen molar-refractivity contribution in [3.63, 3.8) is 0 Å². The number of hydrogen-bond donors (Lipinski definition) is 1. The number of terminal acetylenes is 1. The Kier molecular flexibility index (Phi) is 4.87. The largest absolute Gasteiger partial charge is 0.462 e. The molecule has 0 saturated carbocycles. The van der Waals surface area contributed by atoms with E-state index in [0.717, 1.165) is 10.2 Å². The summed E-state index contributed by atoms with van der Waals surface area (Å²) in [5, 5.41) is 3.03. The number of hydrogen-bond acceptors (Lipinski definition) is 3. The van der Waals surface area contributed by atoms with E-state index >= 15 is 0 Å². The van der Waals surface area contributed by atoms with E-state index in [-0.39, 0.29) is 5.97 Å². The fraction of sp³-hybridized carbons (Fsp3) is 0.250. The molecule has 0 aliphatic rings. The van der Waals surface area contributed by atoms with E-state index in [9.17, 15) is 4.79 Å². The highest BCUT2D eigenvalue weighted by molar-refractivity contribution is 9.10. The third-order valence-corrected chi connectivity index (χ3v) is 2.52. The van der Waals surface area contributed by atoms with Gasteiger partial charge >= 0.3 is 5.97 Å². The minimum atomic E-state index is -0.327. The van der Waals surface area contributed by atoms with Gasteiger partial charge in [-0.05, 0) is 41.1 Å². The maximum Gasteiger partial charge on any atom is 0.338 e. The van der Waals surface area contributed by atoms with Crippen molar-refractivity contribution in [3.05, 3.63) is 28.2 Å². The van der Waals surface area contributed by atoms with Gasteiger partial charge in [-0.1, -0.05) is 5.92 Å². The van der Waals surface area contributed by atoms with Crippen LogP contribution in [0.15, 0.2) is 22.7 Å². The van der Waals surface area contributed by atoms with Crippen molar-refractivity contribution in [1.29, 1.82) is 0 Å². The molecule has 1 N–H and O–H groups in total. The molecular weight excluding hydrogens is 270 g/mol. The van der Waals surface area contributed by atoms with Crippen molar-refractivity contribution in [2.75, 3.05) is 18.5 Å². The molecule has 0 fully saturated rings. The molecule has 0 aliphatic heterocycles. The van der Waals surface area contributed by atoms with Crippen molar-refractivity contribution in [2.24, 2.45) is 0 Å². The van der Waals surface area contributed by atoms with Crippen LogP contribution in [0.3, 0.4) is 0 Å². The lowest BCUT2D eigenvalue weighted by Gasteiger charge is -2.07. The molecule has 0 unspecified atom stereocenters. The van der Waals surface area contributed by atoms with Gasteiger partial charge in [-0.15, -0.1) is 6.42 Å². The van der Waals surface area contributed by atoms with Crippen LogP contribution in [-0.2, 0) is 4.74 Å². The van der Waals surface area contributed by atoms with Crippen molar-refractivity contribution in [3.8, 4) is 12.3 Å². The molecule has 0 aliphatic carbocycles. The molecule has 0 atom stereocenters. The van der Waals surface area contributed by atoms with E-state index < -0.39 is 0 Å². The normalized spacial score (nSPS) is 9.31. The summed E-state index contributed by atoms with van der Waals surface area (Å²) in [5.41, 5.74) is 1.37. The van der Waals surface area contributed by atoms with Crippen LogP contribution in [0.2, 0.25) is 0 Å². The molecule has 4 heteroatoms. The zero-order chi connectivity index (χ0) is 12.0. The third kappa shape index (κ3) is 3.28. The fourth-order valence-electron chi connectivity index (χ4n) is 1.15. The van der Waals surface area contributed by atoms with Crippen LogP contribution in [0.5, 0.6) is 0 Å². The first-order chi connectivity index (χ1) is 7.69. The Morgan fingerprint density at radius 1 is 1.62 bits per heavy atom. The van der Waals surface area contributed by atoms with Crippen LogP contribution < -0.4 is 5.32 Å². The Labute approximate surface area is 103 Å². The maximum absolute atomic E-state index is 11.4. The molecule has 16 heavy (non-hydrogen) atoms. The number of carbonyl (C=O) groups excluding carboxylic acids is 1. The second-order valence-corrected chi connectivity index (χ2v) is 3.83. The highest BCUT2D eigenvalue weighted by Crippen LogP contribution is 2.23. The predicted molar refractivity (Wildman–Crippen MR) is 67.4 cm³/mol. The summed E-state index contributed by atoms with van der Waals surface area (Å²) < 4.78 is 5.68. The van der Waals surface area contributed by atoms with Gasteiger partial charge in [0.25, 0.3) is 0 Å². The molecule has 1 rings (SSSR count). The first-order valence-electron chi connectivity index (χ1n) is 4.83. The minimum Gasteiger partial charge on any atom is -0.462 e. The number of halogens is 1. The number of ether oxygens (including phenoxy) is 1. The molecule has 3 nitrogen and oxygen atoms in total. The molecule has 0 spiro atoms. The minimum absolute atomic E-state index is 0.327. The Balaban J connectivity index is 2.83. The van der Waals surface area contributed by atoms with Gasteiger partial charge in [-0.25, -0.2) is 4.79 Å². The molecular formula is C12H12BrNO2. The number of anilines is 1. The zero-order valence-electron chi connectivity index (χ0n) is 8.92. The Morgan fingerprint density at radius 3 is 2.94 bits per heavy atom. The van der Waals surface area contributed by atoms with Crippen molar-refractivity contribution in [1.82, 2.24) is 0 Å². The number of rotatable bonds is 4. The van der Waals surface area contributed by atoms with Crippen molar-refractivity contribution in [2.45, 2.75) is 6.92 Å². The van der Waals surface area contributed by atoms with E-state index in [1.54, 1.807) is 25.1 Å². The second-order valence-electron chi connectivity index (χ2n) is 2.97. The van der Waals surface area contributed by atoms with Gasteiger partial charge in [0.2, 0.25) is 0 Å². The number of benzene rings is 1. The first kappa shape index (κ1) is 12.6. The Bertz CT molecular complexity index is 424. The van der Waals surface area contributed by atoms with Crippen LogP contribution in [0.1, 0.15) is 17.3 Å². The van der Waals surface area contributed by atoms with Crippen molar-refractivity contribution < 1.29 is 9.53 Å². The summed E-state index contributed by atoms with van der Waals surface area (Å²) in [5.74, 6) is 2.15. The van der Waals surface area contributed by atoms with Crippen LogP contribution >= 0.6 is 15.9 Å². The van der Waals surface area contributed by atoms with Crippen LogP contribution in [0.4, 0.5) is 5.69 Å².